The van der Waals surface area contributed by atoms with E-state index < -0.39 is 11.0 Å². The first kappa shape index (κ1) is 14.5. The van der Waals surface area contributed by atoms with Crippen molar-refractivity contribution in [2.24, 2.45) is 0 Å². The first-order valence-electron chi connectivity index (χ1n) is 7.32. The molecule has 21 heavy (non-hydrogen) atoms. The fourth-order valence-corrected chi connectivity index (χ4v) is 2.72. The Labute approximate surface area is 122 Å². The zero-order chi connectivity index (χ0) is 14.9. The number of nitrogens with zero attached hydrogens (tertiary/aromatic N) is 2. The highest BCUT2D eigenvalue weighted by Crippen LogP contribution is 2.49. The molecule has 2 aliphatic rings. The van der Waals surface area contributed by atoms with Crippen molar-refractivity contribution in [3.63, 3.8) is 0 Å². The summed E-state index contributed by atoms with van der Waals surface area (Å²) in [6, 6.07) is 0. The van der Waals surface area contributed by atoms with E-state index in [2.05, 4.69) is 10.1 Å². The van der Waals surface area contributed by atoms with E-state index >= 15 is 0 Å². The molecule has 0 spiro atoms. The SMILES string of the molecule is CCOC(=O)C1(c2nc(C3(OC)CCOCC3)no2)CC1. The number of hydrogen-bond acceptors (Lipinski definition) is 7. The minimum Gasteiger partial charge on any atom is -0.465 e. The summed E-state index contributed by atoms with van der Waals surface area (Å²) in [5.41, 5.74) is -1.31. The van der Waals surface area contributed by atoms with E-state index in [1.807, 2.05) is 0 Å². The van der Waals surface area contributed by atoms with Crippen LogP contribution in [0.3, 0.4) is 0 Å². The average molecular weight is 296 g/mol. The fraction of sp³-hybridized carbons (Fsp3) is 0.786. The lowest BCUT2D eigenvalue weighted by Gasteiger charge is -2.32. The summed E-state index contributed by atoms with van der Waals surface area (Å²) >= 11 is 0. The van der Waals surface area contributed by atoms with Gasteiger partial charge in [-0.3, -0.25) is 4.79 Å². The third-order valence-corrected chi connectivity index (χ3v) is 4.35. The van der Waals surface area contributed by atoms with Crippen LogP contribution < -0.4 is 0 Å². The quantitative estimate of drug-likeness (QED) is 0.757. The van der Waals surface area contributed by atoms with Crippen LogP contribution in [-0.4, -0.2) is 43.0 Å². The Kier molecular flexibility index (Phi) is 3.71. The highest BCUT2D eigenvalue weighted by Gasteiger charge is 2.58. The number of rotatable bonds is 5. The van der Waals surface area contributed by atoms with E-state index in [1.54, 1.807) is 14.0 Å². The van der Waals surface area contributed by atoms with E-state index in [0.29, 0.717) is 57.2 Å². The molecule has 0 aromatic carbocycles. The van der Waals surface area contributed by atoms with Gasteiger partial charge in [0, 0.05) is 33.2 Å². The number of esters is 1. The second kappa shape index (κ2) is 5.38. The maximum atomic E-state index is 12.1. The van der Waals surface area contributed by atoms with Gasteiger partial charge in [0.25, 0.3) is 0 Å². The molecular formula is C14H20N2O5. The molecule has 7 nitrogen and oxygen atoms in total. The van der Waals surface area contributed by atoms with Crippen LogP contribution in [0.1, 0.15) is 44.3 Å². The lowest BCUT2D eigenvalue weighted by Crippen LogP contribution is -2.36. The van der Waals surface area contributed by atoms with Gasteiger partial charge >= 0.3 is 5.97 Å². The number of aromatic nitrogens is 2. The van der Waals surface area contributed by atoms with Crippen molar-refractivity contribution < 1.29 is 23.5 Å². The van der Waals surface area contributed by atoms with E-state index in [-0.39, 0.29) is 5.97 Å². The highest BCUT2D eigenvalue weighted by molar-refractivity contribution is 5.85. The molecule has 1 aromatic heterocycles. The number of ether oxygens (including phenoxy) is 3. The summed E-state index contributed by atoms with van der Waals surface area (Å²) in [7, 11) is 1.64. The predicted octanol–water partition coefficient (Wildman–Crippen LogP) is 1.32. The average Bonchev–Trinajstić information content (AvgIpc) is 3.18. The molecule has 1 saturated heterocycles. The Morgan fingerprint density at radius 1 is 1.29 bits per heavy atom. The van der Waals surface area contributed by atoms with Crippen LogP contribution in [0.5, 0.6) is 0 Å². The van der Waals surface area contributed by atoms with Crippen LogP contribution in [-0.2, 0) is 30.0 Å². The first-order valence-corrected chi connectivity index (χ1v) is 7.32. The van der Waals surface area contributed by atoms with Crippen LogP contribution in [0.2, 0.25) is 0 Å². The summed E-state index contributed by atoms with van der Waals surface area (Å²) in [6.45, 7) is 3.33. The lowest BCUT2D eigenvalue weighted by atomic mass is 9.93. The predicted molar refractivity (Wildman–Crippen MR) is 70.6 cm³/mol. The van der Waals surface area contributed by atoms with E-state index in [4.69, 9.17) is 18.7 Å². The maximum Gasteiger partial charge on any atom is 0.321 e. The maximum absolute atomic E-state index is 12.1. The molecule has 0 atom stereocenters. The van der Waals surface area contributed by atoms with Gasteiger partial charge in [0.05, 0.1) is 6.61 Å². The molecule has 1 aliphatic carbocycles. The molecular weight excluding hydrogens is 276 g/mol. The van der Waals surface area contributed by atoms with Crippen molar-refractivity contribution in [2.75, 3.05) is 26.9 Å². The van der Waals surface area contributed by atoms with Crippen molar-refractivity contribution >= 4 is 5.97 Å². The van der Waals surface area contributed by atoms with E-state index in [9.17, 15) is 4.79 Å². The molecule has 1 saturated carbocycles. The molecule has 0 N–H and O–H groups in total. The van der Waals surface area contributed by atoms with Gasteiger partial charge in [-0.15, -0.1) is 0 Å². The minimum absolute atomic E-state index is 0.279. The zero-order valence-electron chi connectivity index (χ0n) is 12.4. The van der Waals surface area contributed by atoms with Gasteiger partial charge in [0.2, 0.25) is 11.7 Å². The van der Waals surface area contributed by atoms with Gasteiger partial charge in [-0.1, -0.05) is 5.16 Å². The van der Waals surface area contributed by atoms with Crippen LogP contribution in [0, 0.1) is 0 Å². The minimum atomic E-state index is -0.735. The van der Waals surface area contributed by atoms with Crippen LogP contribution in [0.15, 0.2) is 4.52 Å². The normalized spacial score (nSPS) is 22.8. The third-order valence-electron chi connectivity index (χ3n) is 4.35. The van der Waals surface area contributed by atoms with Gasteiger partial charge in [-0.2, -0.15) is 4.98 Å². The Hall–Kier alpha value is -1.47. The molecule has 3 rings (SSSR count). The molecule has 7 heteroatoms. The van der Waals surface area contributed by atoms with Crippen molar-refractivity contribution in [3.8, 4) is 0 Å². The summed E-state index contributed by atoms with van der Waals surface area (Å²) < 4.78 is 21.5. The number of carbonyl (C=O) groups is 1. The summed E-state index contributed by atoms with van der Waals surface area (Å²) in [5, 5.41) is 4.06. The summed E-state index contributed by atoms with van der Waals surface area (Å²) in [5.74, 6) is 0.566. The Bertz CT molecular complexity index is 517. The molecule has 116 valence electrons. The molecule has 0 amide bonds. The van der Waals surface area contributed by atoms with Crippen molar-refractivity contribution in [1.29, 1.82) is 0 Å². The van der Waals surface area contributed by atoms with E-state index in [1.165, 1.54) is 0 Å². The molecule has 0 radical (unpaired) electrons. The number of carbonyl (C=O) groups excluding carboxylic acids is 1. The van der Waals surface area contributed by atoms with Gasteiger partial charge in [-0.05, 0) is 19.8 Å². The molecule has 0 bridgehead atoms. The molecule has 2 fully saturated rings. The lowest BCUT2D eigenvalue weighted by molar-refractivity contribution is -0.147. The monoisotopic (exact) mass is 296 g/mol. The van der Waals surface area contributed by atoms with Gasteiger partial charge in [-0.25, -0.2) is 0 Å². The second-order valence-electron chi connectivity index (χ2n) is 5.54. The second-order valence-corrected chi connectivity index (χ2v) is 5.54. The Balaban J connectivity index is 1.85. The number of methoxy groups -OCH3 is 1. The molecule has 1 aromatic rings. The van der Waals surface area contributed by atoms with Crippen molar-refractivity contribution in [1.82, 2.24) is 10.1 Å². The van der Waals surface area contributed by atoms with Crippen LogP contribution >= 0.6 is 0 Å². The summed E-state index contributed by atoms with van der Waals surface area (Å²) in [4.78, 5) is 16.5. The first-order chi connectivity index (χ1) is 10.2. The molecule has 1 aliphatic heterocycles. The largest absolute Gasteiger partial charge is 0.465 e. The molecule has 0 unspecified atom stereocenters. The van der Waals surface area contributed by atoms with Crippen molar-refractivity contribution in [3.05, 3.63) is 11.7 Å². The van der Waals surface area contributed by atoms with Gasteiger partial charge in [0.15, 0.2) is 0 Å². The zero-order valence-corrected chi connectivity index (χ0v) is 12.4. The molecule has 2 heterocycles. The standard InChI is InChI=1S/C14H20N2O5/c1-3-20-12(17)13(4-5-13)11-15-10(16-21-11)14(18-2)6-8-19-9-7-14/h3-9H2,1-2H3. The van der Waals surface area contributed by atoms with E-state index in [0.717, 1.165) is 0 Å². The smallest absolute Gasteiger partial charge is 0.321 e. The van der Waals surface area contributed by atoms with Crippen LogP contribution in [0.4, 0.5) is 0 Å². The summed E-state index contributed by atoms with van der Waals surface area (Å²) in [6.07, 6.45) is 2.73. The van der Waals surface area contributed by atoms with Gasteiger partial charge < -0.3 is 18.7 Å². The topological polar surface area (TPSA) is 83.7 Å². The fourth-order valence-electron chi connectivity index (χ4n) is 2.72. The van der Waals surface area contributed by atoms with Gasteiger partial charge in [0.1, 0.15) is 11.0 Å². The highest BCUT2D eigenvalue weighted by atomic mass is 16.5. The van der Waals surface area contributed by atoms with Crippen LogP contribution in [0.25, 0.3) is 0 Å². The van der Waals surface area contributed by atoms with Crippen molar-refractivity contribution in [2.45, 2.75) is 43.6 Å². The third kappa shape index (κ3) is 2.34. The number of hydrogen-bond donors (Lipinski definition) is 0. The Morgan fingerprint density at radius 2 is 2.00 bits per heavy atom. The Morgan fingerprint density at radius 3 is 2.57 bits per heavy atom.